The first-order chi connectivity index (χ1) is 7.78. The molecule has 0 radical (unpaired) electrons. The fourth-order valence-electron chi connectivity index (χ4n) is 1.45. The van der Waals surface area contributed by atoms with E-state index in [0.717, 1.165) is 28.2 Å². The van der Waals surface area contributed by atoms with Crippen LogP contribution in [0.25, 0.3) is 11.0 Å². The molecule has 0 saturated carbocycles. The van der Waals surface area contributed by atoms with Gasteiger partial charge in [-0.05, 0) is 12.1 Å². The van der Waals surface area contributed by atoms with Crippen LogP contribution in [0.15, 0.2) is 18.2 Å². The van der Waals surface area contributed by atoms with Gasteiger partial charge in [0.15, 0.2) is 0 Å². The van der Waals surface area contributed by atoms with Crippen molar-refractivity contribution in [3.05, 3.63) is 29.6 Å². The molecule has 0 unspecified atom stereocenters. The monoisotopic (exact) mass is 344 g/mol. The van der Waals surface area contributed by atoms with E-state index in [0.29, 0.717) is 10.7 Å². The SMILES string of the molecule is COc1ccc2nc(CBr)c(CBr)nc2c1. The van der Waals surface area contributed by atoms with E-state index in [2.05, 4.69) is 41.8 Å². The van der Waals surface area contributed by atoms with E-state index in [1.165, 1.54) is 0 Å². The van der Waals surface area contributed by atoms with Gasteiger partial charge in [0.25, 0.3) is 0 Å². The number of alkyl halides is 2. The van der Waals surface area contributed by atoms with Crippen molar-refractivity contribution in [2.24, 2.45) is 0 Å². The van der Waals surface area contributed by atoms with E-state index in [4.69, 9.17) is 4.74 Å². The van der Waals surface area contributed by atoms with Crippen LogP contribution in [0.3, 0.4) is 0 Å². The van der Waals surface area contributed by atoms with Gasteiger partial charge in [0.2, 0.25) is 0 Å². The summed E-state index contributed by atoms with van der Waals surface area (Å²) in [7, 11) is 1.65. The Bertz CT molecular complexity index is 517. The number of hydrogen-bond acceptors (Lipinski definition) is 3. The van der Waals surface area contributed by atoms with Crippen molar-refractivity contribution in [1.29, 1.82) is 0 Å². The highest BCUT2D eigenvalue weighted by atomic mass is 79.9. The Labute approximate surface area is 110 Å². The fraction of sp³-hybridized carbons (Fsp3) is 0.273. The zero-order valence-electron chi connectivity index (χ0n) is 8.70. The number of ether oxygens (including phenoxy) is 1. The van der Waals surface area contributed by atoms with Crippen LogP contribution in [0.5, 0.6) is 5.75 Å². The first-order valence-electron chi connectivity index (χ1n) is 4.74. The second-order valence-corrected chi connectivity index (χ2v) is 4.36. The average molecular weight is 346 g/mol. The Morgan fingerprint density at radius 3 is 2.25 bits per heavy atom. The van der Waals surface area contributed by atoms with Gasteiger partial charge in [0.1, 0.15) is 5.75 Å². The van der Waals surface area contributed by atoms with Crippen LogP contribution in [-0.4, -0.2) is 17.1 Å². The second kappa shape index (κ2) is 5.10. The second-order valence-electron chi connectivity index (χ2n) is 3.24. The number of aromatic nitrogens is 2. The highest BCUT2D eigenvalue weighted by Crippen LogP contribution is 2.21. The first-order valence-corrected chi connectivity index (χ1v) is 6.98. The minimum Gasteiger partial charge on any atom is -0.497 e. The quantitative estimate of drug-likeness (QED) is 0.799. The Hall–Kier alpha value is -0.680. The summed E-state index contributed by atoms with van der Waals surface area (Å²) in [5, 5.41) is 1.41. The van der Waals surface area contributed by atoms with E-state index < -0.39 is 0 Å². The van der Waals surface area contributed by atoms with Crippen LogP contribution in [0.2, 0.25) is 0 Å². The maximum absolute atomic E-state index is 5.16. The topological polar surface area (TPSA) is 35.0 Å². The average Bonchev–Trinajstić information content (AvgIpc) is 2.36. The van der Waals surface area contributed by atoms with E-state index >= 15 is 0 Å². The molecule has 1 aromatic carbocycles. The third-order valence-electron chi connectivity index (χ3n) is 2.28. The van der Waals surface area contributed by atoms with Crippen LogP contribution >= 0.6 is 31.9 Å². The van der Waals surface area contributed by atoms with Crippen molar-refractivity contribution in [3.63, 3.8) is 0 Å². The van der Waals surface area contributed by atoms with Crippen LogP contribution in [0.4, 0.5) is 0 Å². The lowest BCUT2D eigenvalue weighted by atomic mass is 10.2. The Balaban J connectivity index is 2.63. The Kier molecular flexibility index (Phi) is 3.76. The number of hydrogen-bond donors (Lipinski definition) is 0. The van der Waals surface area contributed by atoms with Crippen molar-refractivity contribution < 1.29 is 4.74 Å². The Morgan fingerprint density at radius 2 is 1.69 bits per heavy atom. The minimum absolute atomic E-state index is 0.702. The molecule has 84 valence electrons. The molecule has 0 amide bonds. The van der Waals surface area contributed by atoms with Crippen molar-refractivity contribution in [2.45, 2.75) is 10.7 Å². The lowest BCUT2D eigenvalue weighted by molar-refractivity contribution is 0.415. The number of halogens is 2. The Morgan fingerprint density at radius 1 is 1.06 bits per heavy atom. The van der Waals surface area contributed by atoms with E-state index in [-0.39, 0.29) is 0 Å². The predicted octanol–water partition coefficient (Wildman–Crippen LogP) is 3.43. The van der Waals surface area contributed by atoms with Crippen molar-refractivity contribution in [3.8, 4) is 5.75 Å². The highest BCUT2D eigenvalue weighted by molar-refractivity contribution is 9.09. The van der Waals surface area contributed by atoms with E-state index in [1.807, 2.05) is 18.2 Å². The molecule has 0 aliphatic heterocycles. The summed E-state index contributed by atoms with van der Waals surface area (Å²) in [6, 6.07) is 5.71. The molecule has 16 heavy (non-hydrogen) atoms. The van der Waals surface area contributed by atoms with Gasteiger partial charge in [0, 0.05) is 16.7 Å². The number of fused-ring (bicyclic) bond motifs is 1. The van der Waals surface area contributed by atoms with Crippen molar-refractivity contribution >= 4 is 42.9 Å². The molecule has 1 heterocycles. The maximum atomic E-state index is 5.16. The summed E-state index contributed by atoms with van der Waals surface area (Å²) in [5.41, 5.74) is 3.67. The standard InChI is InChI=1S/C11H10Br2N2O/c1-16-7-2-3-8-9(4-7)15-11(6-13)10(5-12)14-8/h2-4H,5-6H2,1H3. The minimum atomic E-state index is 0.702. The molecule has 2 rings (SSSR count). The van der Waals surface area contributed by atoms with Crippen LogP contribution < -0.4 is 4.74 Å². The number of benzene rings is 1. The summed E-state index contributed by atoms with van der Waals surface area (Å²) in [5.74, 6) is 0.800. The van der Waals surface area contributed by atoms with Crippen LogP contribution in [-0.2, 0) is 10.7 Å². The van der Waals surface area contributed by atoms with Crippen molar-refractivity contribution in [2.75, 3.05) is 7.11 Å². The zero-order valence-corrected chi connectivity index (χ0v) is 11.9. The molecule has 1 aromatic heterocycles. The molecular weight excluding hydrogens is 336 g/mol. The molecule has 5 heteroatoms. The van der Waals surface area contributed by atoms with Gasteiger partial charge in [-0.25, -0.2) is 9.97 Å². The molecule has 2 aromatic rings. The van der Waals surface area contributed by atoms with E-state index in [9.17, 15) is 0 Å². The number of nitrogens with zero attached hydrogens (tertiary/aromatic N) is 2. The van der Waals surface area contributed by atoms with Gasteiger partial charge in [-0.1, -0.05) is 31.9 Å². The van der Waals surface area contributed by atoms with Gasteiger partial charge < -0.3 is 4.74 Å². The smallest absolute Gasteiger partial charge is 0.121 e. The number of rotatable bonds is 3. The molecule has 0 spiro atoms. The largest absolute Gasteiger partial charge is 0.497 e. The summed E-state index contributed by atoms with van der Waals surface area (Å²) in [4.78, 5) is 9.10. The van der Waals surface area contributed by atoms with Crippen molar-refractivity contribution in [1.82, 2.24) is 9.97 Å². The van der Waals surface area contributed by atoms with Crippen LogP contribution in [0.1, 0.15) is 11.4 Å². The molecule has 0 fully saturated rings. The summed E-state index contributed by atoms with van der Waals surface area (Å²) < 4.78 is 5.16. The molecule has 0 aliphatic rings. The molecule has 0 bridgehead atoms. The van der Waals surface area contributed by atoms with E-state index in [1.54, 1.807) is 7.11 Å². The van der Waals surface area contributed by atoms with Crippen LogP contribution in [0, 0.1) is 0 Å². The van der Waals surface area contributed by atoms with Gasteiger partial charge >= 0.3 is 0 Å². The normalized spacial score (nSPS) is 10.7. The summed E-state index contributed by atoms with van der Waals surface area (Å²) >= 11 is 6.83. The molecule has 3 nitrogen and oxygen atoms in total. The highest BCUT2D eigenvalue weighted by Gasteiger charge is 2.07. The number of methoxy groups -OCH3 is 1. The molecule has 0 N–H and O–H groups in total. The summed E-state index contributed by atoms with van der Waals surface area (Å²) in [6.07, 6.45) is 0. The summed E-state index contributed by atoms with van der Waals surface area (Å²) in [6.45, 7) is 0. The third kappa shape index (κ3) is 2.20. The van der Waals surface area contributed by atoms with Gasteiger partial charge in [-0.2, -0.15) is 0 Å². The van der Waals surface area contributed by atoms with Gasteiger partial charge in [-0.15, -0.1) is 0 Å². The predicted molar refractivity (Wildman–Crippen MR) is 71.4 cm³/mol. The molecule has 0 aliphatic carbocycles. The maximum Gasteiger partial charge on any atom is 0.121 e. The lowest BCUT2D eigenvalue weighted by Gasteiger charge is -2.06. The zero-order chi connectivity index (χ0) is 11.5. The first kappa shape index (κ1) is 11.8. The lowest BCUT2D eigenvalue weighted by Crippen LogP contribution is -1.98. The third-order valence-corrected chi connectivity index (χ3v) is 3.34. The van der Waals surface area contributed by atoms with Gasteiger partial charge in [-0.3, -0.25) is 0 Å². The molecule has 0 atom stereocenters. The molecule has 0 saturated heterocycles. The fourth-order valence-corrected chi connectivity index (χ4v) is 2.35. The molecular formula is C11H10Br2N2O. The van der Waals surface area contributed by atoms with Gasteiger partial charge in [0.05, 0.1) is 29.5 Å².